The smallest absolute Gasteiger partial charge is 0.357 e. The lowest BCUT2D eigenvalue weighted by Crippen LogP contribution is -2.33. The quantitative estimate of drug-likeness (QED) is 0.515. The molecule has 0 saturated heterocycles. The van der Waals surface area contributed by atoms with Crippen LogP contribution in [0.25, 0.3) is 0 Å². The number of amides is 1. The van der Waals surface area contributed by atoms with Gasteiger partial charge in [-0.05, 0) is 33.1 Å². The first-order valence-electron chi connectivity index (χ1n) is 7.69. The van der Waals surface area contributed by atoms with E-state index in [1.807, 2.05) is 6.92 Å². The van der Waals surface area contributed by atoms with Gasteiger partial charge in [0.2, 0.25) is 5.91 Å². The molecule has 122 valence electrons. The van der Waals surface area contributed by atoms with Gasteiger partial charge in [0, 0.05) is 31.1 Å². The Morgan fingerprint density at radius 1 is 1.36 bits per heavy atom. The molecular formula is C15H22N2O4S. The van der Waals surface area contributed by atoms with Crippen LogP contribution in [0, 0.1) is 0 Å². The molecule has 0 atom stereocenters. The Bertz CT molecular complexity index is 513. The number of esters is 1. The van der Waals surface area contributed by atoms with Crippen molar-refractivity contribution in [3.63, 3.8) is 0 Å². The summed E-state index contributed by atoms with van der Waals surface area (Å²) >= 11 is 1.31. The minimum absolute atomic E-state index is 0.0481. The maximum Gasteiger partial charge on any atom is 0.357 e. The molecule has 7 heteroatoms. The lowest BCUT2D eigenvalue weighted by Gasteiger charge is -2.19. The molecule has 0 spiro atoms. The molecule has 0 N–H and O–H groups in total. The van der Waals surface area contributed by atoms with Gasteiger partial charge < -0.3 is 9.47 Å². The van der Waals surface area contributed by atoms with Crippen LogP contribution >= 0.6 is 11.3 Å². The first-order chi connectivity index (χ1) is 10.7. The van der Waals surface area contributed by atoms with Crippen molar-refractivity contribution in [2.75, 3.05) is 24.7 Å². The fourth-order valence-electron chi connectivity index (χ4n) is 2.06. The van der Waals surface area contributed by atoms with Crippen molar-refractivity contribution in [3.8, 4) is 0 Å². The number of carbonyl (C=O) groups excluding carboxylic acids is 2. The van der Waals surface area contributed by atoms with Gasteiger partial charge >= 0.3 is 5.97 Å². The second kappa shape index (κ2) is 8.24. The van der Waals surface area contributed by atoms with Crippen molar-refractivity contribution in [2.24, 2.45) is 0 Å². The Labute approximate surface area is 134 Å². The second-order valence-corrected chi connectivity index (χ2v) is 5.87. The number of anilines is 1. The lowest BCUT2D eigenvalue weighted by atomic mass is 10.3. The van der Waals surface area contributed by atoms with E-state index in [-0.39, 0.29) is 17.6 Å². The SMILES string of the molecule is CCOCCCC(=O)N(c1nc(C(=O)OCC)cs1)C1CC1. The van der Waals surface area contributed by atoms with E-state index in [0.717, 1.165) is 12.8 Å². The minimum Gasteiger partial charge on any atom is -0.461 e. The summed E-state index contributed by atoms with van der Waals surface area (Å²) in [5, 5.41) is 2.24. The largest absolute Gasteiger partial charge is 0.461 e. The molecule has 2 rings (SSSR count). The van der Waals surface area contributed by atoms with E-state index >= 15 is 0 Å². The molecule has 0 aliphatic heterocycles. The highest BCUT2D eigenvalue weighted by Crippen LogP contribution is 2.34. The van der Waals surface area contributed by atoms with Crippen LogP contribution in [0.2, 0.25) is 0 Å². The summed E-state index contributed by atoms with van der Waals surface area (Å²) in [6, 6.07) is 0.223. The number of aromatic nitrogens is 1. The molecule has 0 aromatic carbocycles. The zero-order valence-electron chi connectivity index (χ0n) is 13.0. The molecule has 1 amide bonds. The van der Waals surface area contributed by atoms with E-state index in [4.69, 9.17) is 9.47 Å². The molecule has 1 heterocycles. The van der Waals surface area contributed by atoms with E-state index in [2.05, 4.69) is 4.98 Å². The molecule has 1 aliphatic rings. The van der Waals surface area contributed by atoms with E-state index in [9.17, 15) is 9.59 Å². The fourth-order valence-corrected chi connectivity index (χ4v) is 2.94. The number of hydrogen-bond donors (Lipinski definition) is 0. The van der Waals surface area contributed by atoms with Gasteiger partial charge in [-0.2, -0.15) is 0 Å². The van der Waals surface area contributed by atoms with Gasteiger partial charge in [0.1, 0.15) is 0 Å². The van der Waals surface area contributed by atoms with Gasteiger partial charge in [0.05, 0.1) is 6.61 Å². The minimum atomic E-state index is -0.440. The highest BCUT2D eigenvalue weighted by Gasteiger charge is 2.35. The molecule has 1 fully saturated rings. The Kier molecular flexibility index (Phi) is 6.33. The predicted molar refractivity (Wildman–Crippen MR) is 84.3 cm³/mol. The van der Waals surface area contributed by atoms with Crippen LogP contribution in [-0.4, -0.2) is 42.7 Å². The number of ether oxygens (including phenoxy) is 2. The van der Waals surface area contributed by atoms with Gasteiger partial charge in [0.15, 0.2) is 10.8 Å². The summed E-state index contributed by atoms with van der Waals surface area (Å²) in [6.07, 6.45) is 3.12. The highest BCUT2D eigenvalue weighted by atomic mass is 32.1. The zero-order valence-corrected chi connectivity index (χ0v) is 13.9. The maximum absolute atomic E-state index is 12.4. The van der Waals surface area contributed by atoms with Crippen molar-refractivity contribution in [1.29, 1.82) is 0 Å². The molecule has 0 bridgehead atoms. The highest BCUT2D eigenvalue weighted by molar-refractivity contribution is 7.14. The standard InChI is InChI=1S/C15H22N2O4S/c1-3-20-9-5-6-13(18)17(11-7-8-11)15-16-12(10-22-15)14(19)21-4-2/h10-11H,3-9H2,1-2H3. The number of thiazole rings is 1. The van der Waals surface area contributed by atoms with E-state index in [1.165, 1.54) is 11.3 Å². The Morgan fingerprint density at radius 3 is 2.77 bits per heavy atom. The maximum atomic E-state index is 12.4. The third-order valence-corrected chi connectivity index (χ3v) is 4.09. The monoisotopic (exact) mass is 326 g/mol. The van der Waals surface area contributed by atoms with Crippen molar-refractivity contribution in [2.45, 2.75) is 45.6 Å². The average molecular weight is 326 g/mol. The summed E-state index contributed by atoms with van der Waals surface area (Å²) in [5.41, 5.74) is 0.273. The molecular weight excluding hydrogens is 304 g/mol. The van der Waals surface area contributed by atoms with Gasteiger partial charge in [-0.15, -0.1) is 11.3 Å². The van der Waals surface area contributed by atoms with Gasteiger partial charge in [-0.3, -0.25) is 9.69 Å². The molecule has 1 aromatic heterocycles. The van der Waals surface area contributed by atoms with E-state index in [0.29, 0.717) is 37.8 Å². The van der Waals surface area contributed by atoms with Crippen LogP contribution in [0.5, 0.6) is 0 Å². The van der Waals surface area contributed by atoms with Crippen molar-refractivity contribution in [1.82, 2.24) is 4.98 Å². The molecule has 22 heavy (non-hydrogen) atoms. The van der Waals surface area contributed by atoms with Gasteiger partial charge in [-0.1, -0.05) is 0 Å². The molecule has 0 unspecified atom stereocenters. The van der Waals surface area contributed by atoms with Crippen LogP contribution in [-0.2, 0) is 14.3 Å². The second-order valence-electron chi connectivity index (χ2n) is 5.03. The van der Waals surface area contributed by atoms with Crippen LogP contribution in [0.1, 0.15) is 50.0 Å². The molecule has 1 aliphatic carbocycles. The van der Waals surface area contributed by atoms with Gasteiger partial charge in [0.25, 0.3) is 0 Å². The number of carbonyl (C=O) groups is 2. The zero-order chi connectivity index (χ0) is 15.9. The van der Waals surface area contributed by atoms with E-state index in [1.54, 1.807) is 17.2 Å². The van der Waals surface area contributed by atoms with E-state index < -0.39 is 5.97 Å². The molecule has 1 saturated carbocycles. The molecule has 6 nitrogen and oxygen atoms in total. The van der Waals surface area contributed by atoms with Crippen LogP contribution < -0.4 is 4.90 Å². The van der Waals surface area contributed by atoms with Crippen molar-refractivity contribution >= 4 is 28.3 Å². The van der Waals surface area contributed by atoms with Crippen molar-refractivity contribution < 1.29 is 19.1 Å². The summed E-state index contributed by atoms with van der Waals surface area (Å²) < 4.78 is 10.2. The Hall–Kier alpha value is -1.47. The number of rotatable bonds is 9. The lowest BCUT2D eigenvalue weighted by molar-refractivity contribution is -0.119. The fraction of sp³-hybridized carbons (Fsp3) is 0.667. The molecule has 1 aromatic rings. The first-order valence-corrected chi connectivity index (χ1v) is 8.57. The summed E-state index contributed by atoms with van der Waals surface area (Å²) in [6.45, 7) is 5.26. The topological polar surface area (TPSA) is 68.7 Å². The summed E-state index contributed by atoms with van der Waals surface area (Å²) in [5.74, 6) is -0.392. The summed E-state index contributed by atoms with van der Waals surface area (Å²) in [7, 11) is 0. The Morgan fingerprint density at radius 2 is 2.14 bits per heavy atom. The van der Waals surface area contributed by atoms with Crippen LogP contribution in [0.15, 0.2) is 5.38 Å². The Balaban J connectivity index is 1.99. The molecule has 0 radical (unpaired) electrons. The predicted octanol–water partition coefficient (Wildman–Crippen LogP) is 2.63. The third kappa shape index (κ3) is 4.51. The first kappa shape index (κ1) is 16.9. The van der Waals surface area contributed by atoms with Gasteiger partial charge in [-0.25, -0.2) is 9.78 Å². The summed E-state index contributed by atoms with van der Waals surface area (Å²) in [4.78, 5) is 30.1. The van der Waals surface area contributed by atoms with Crippen LogP contribution in [0.4, 0.5) is 5.13 Å². The number of nitrogens with zero attached hydrogens (tertiary/aromatic N) is 2. The van der Waals surface area contributed by atoms with Crippen molar-refractivity contribution in [3.05, 3.63) is 11.1 Å². The normalized spacial score (nSPS) is 13.9. The average Bonchev–Trinajstić information content (AvgIpc) is 3.20. The third-order valence-electron chi connectivity index (χ3n) is 3.25. The number of hydrogen-bond acceptors (Lipinski definition) is 6. The van der Waals surface area contributed by atoms with Crippen LogP contribution in [0.3, 0.4) is 0 Å².